The number of benzene rings is 2. The van der Waals surface area contributed by atoms with Gasteiger partial charge >= 0.3 is 0 Å². The van der Waals surface area contributed by atoms with Gasteiger partial charge in [0.05, 0.1) is 35.6 Å². The third-order valence-electron chi connectivity index (χ3n) is 4.51. The normalized spacial score (nSPS) is 11.0. The Bertz CT molecular complexity index is 1230. The Kier molecular flexibility index (Phi) is 6.01. The zero-order valence-corrected chi connectivity index (χ0v) is 17.9. The van der Waals surface area contributed by atoms with E-state index in [2.05, 4.69) is 15.3 Å². The number of rotatable bonds is 7. The van der Waals surface area contributed by atoms with Crippen molar-refractivity contribution in [1.82, 2.24) is 15.3 Å². The van der Waals surface area contributed by atoms with Crippen molar-refractivity contribution in [3.8, 4) is 11.5 Å². The molecule has 1 N–H and O–H groups in total. The number of aromatic nitrogens is 2. The molecule has 0 fully saturated rings. The molecule has 0 aliphatic rings. The summed E-state index contributed by atoms with van der Waals surface area (Å²) in [6, 6.07) is 10.4. The molecule has 6 nitrogen and oxygen atoms in total. The first-order valence-electron chi connectivity index (χ1n) is 9.03. The van der Waals surface area contributed by atoms with Gasteiger partial charge in [-0.15, -0.1) is 11.3 Å². The van der Waals surface area contributed by atoms with E-state index >= 15 is 0 Å². The van der Waals surface area contributed by atoms with E-state index in [0.29, 0.717) is 34.0 Å². The molecule has 0 radical (unpaired) electrons. The van der Waals surface area contributed by atoms with Crippen LogP contribution in [0.15, 0.2) is 47.8 Å². The van der Waals surface area contributed by atoms with E-state index in [4.69, 9.17) is 9.47 Å². The molecule has 0 spiro atoms. The van der Waals surface area contributed by atoms with Crippen LogP contribution in [0, 0.1) is 5.82 Å². The Labute approximate surface area is 180 Å². The SMILES string of the molecule is COc1ccc(CNC(=O)CSc2ncnc3c2sc2cccc(F)c23)c(OC)c1. The van der Waals surface area contributed by atoms with Gasteiger partial charge in [-0.05, 0) is 24.3 Å². The first-order valence-corrected chi connectivity index (χ1v) is 10.8. The fourth-order valence-electron chi connectivity index (χ4n) is 3.04. The minimum Gasteiger partial charge on any atom is -0.497 e. The summed E-state index contributed by atoms with van der Waals surface area (Å²) >= 11 is 2.73. The van der Waals surface area contributed by atoms with Gasteiger partial charge in [0.1, 0.15) is 28.7 Å². The van der Waals surface area contributed by atoms with E-state index in [-0.39, 0.29) is 17.5 Å². The maximum atomic E-state index is 14.2. The average Bonchev–Trinajstić information content (AvgIpc) is 3.16. The summed E-state index contributed by atoms with van der Waals surface area (Å²) in [4.78, 5) is 20.9. The van der Waals surface area contributed by atoms with Crippen molar-refractivity contribution in [2.75, 3.05) is 20.0 Å². The minimum atomic E-state index is -0.306. The number of ether oxygens (including phenoxy) is 2. The summed E-state index contributed by atoms with van der Waals surface area (Å²) in [5, 5.41) is 4.05. The molecule has 9 heteroatoms. The molecule has 2 aromatic carbocycles. The molecular formula is C21H18FN3O3S2. The number of thioether (sulfide) groups is 1. The number of fused-ring (bicyclic) bond motifs is 3. The number of methoxy groups -OCH3 is 2. The largest absolute Gasteiger partial charge is 0.497 e. The summed E-state index contributed by atoms with van der Waals surface area (Å²) in [7, 11) is 3.16. The van der Waals surface area contributed by atoms with Crippen LogP contribution >= 0.6 is 23.1 Å². The maximum Gasteiger partial charge on any atom is 0.230 e. The summed E-state index contributed by atoms with van der Waals surface area (Å²) in [6.45, 7) is 0.333. The fourth-order valence-corrected chi connectivity index (χ4v) is 5.11. The van der Waals surface area contributed by atoms with E-state index in [1.54, 1.807) is 26.4 Å². The van der Waals surface area contributed by atoms with Gasteiger partial charge in [-0.1, -0.05) is 17.8 Å². The first-order chi connectivity index (χ1) is 14.6. The number of hydrogen-bond donors (Lipinski definition) is 1. The third-order valence-corrected chi connectivity index (χ3v) is 6.78. The molecule has 0 saturated heterocycles. The molecular weight excluding hydrogens is 425 g/mol. The van der Waals surface area contributed by atoms with E-state index in [0.717, 1.165) is 15.0 Å². The van der Waals surface area contributed by atoms with Crippen LogP contribution in [0.1, 0.15) is 5.56 Å². The molecule has 0 aliphatic heterocycles. The van der Waals surface area contributed by atoms with Gasteiger partial charge in [0.25, 0.3) is 0 Å². The molecule has 0 saturated carbocycles. The topological polar surface area (TPSA) is 73.3 Å². The van der Waals surface area contributed by atoms with Crippen LogP contribution in [-0.2, 0) is 11.3 Å². The average molecular weight is 444 g/mol. The van der Waals surface area contributed by atoms with Gasteiger partial charge in [0, 0.05) is 22.9 Å². The molecule has 30 heavy (non-hydrogen) atoms. The van der Waals surface area contributed by atoms with Crippen LogP contribution in [0.3, 0.4) is 0 Å². The highest BCUT2D eigenvalue weighted by Crippen LogP contribution is 2.38. The van der Waals surface area contributed by atoms with Crippen LogP contribution in [0.5, 0.6) is 11.5 Å². The van der Waals surface area contributed by atoms with E-state index in [9.17, 15) is 9.18 Å². The highest BCUT2D eigenvalue weighted by atomic mass is 32.2. The van der Waals surface area contributed by atoms with Crippen molar-refractivity contribution in [2.45, 2.75) is 11.6 Å². The second-order valence-corrected chi connectivity index (χ2v) is 8.33. The zero-order valence-electron chi connectivity index (χ0n) is 16.3. The maximum absolute atomic E-state index is 14.2. The lowest BCUT2D eigenvalue weighted by Gasteiger charge is -2.11. The predicted molar refractivity (Wildman–Crippen MR) is 117 cm³/mol. The van der Waals surface area contributed by atoms with Crippen LogP contribution in [0.4, 0.5) is 4.39 Å². The van der Waals surface area contributed by atoms with Gasteiger partial charge in [0.2, 0.25) is 5.91 Å². The molecule has 154 valence electrons. The lowest BCUT2D eigenvalue weighted by molar-refractivity contribution is -0.118. The number of hydrogen-bond acceptors (Lipinski definition) is 7. The Balaban J connectivity index is 1.45. The number of amides is 1. The molecule has 4 aromatic rings. The van der Waals surface area contributed by atoms with Crippen molar-refractivity contribution in [3.05, 3.63) is 54.1 Å². The van der Waals surface area contributed by atoms with Crippen molar-refractivity contribution in [3.63, 3.8) is 0 Å². The van der Waals surface area contributed by atoms with E-state index in [1.807, 2.05) is 18.2 Å². The second kappa shape index (κ2) is 8.85. The predicted octanol–water partition coefficient (Wildman–Crippen LogP) is 4.41. The molecule has 0 atom stereocenters. The van der Waals surface area contributed by atoms with Crippen LogP contribution < -0.4 is 14.8 Å². The Morgan fingerprint density at radius 3 is 2.87 bits per heavy atom. The van der Waals surface area contributed by atoms with Crippen LogP contribution in [-0.4, -0.2) is 35.8 Å². The smallest absolute Gasteiger partial charge is 0.230 e. The number of nitrogens with one attached hydrogen (secondary N) is 1. The molecule has 0 bridgehead atoms. The van der Waals surface area contributed by atoms with Gasteiger partial charge in [-0.2, -0.15) is 0 Å². The Morgan fingerprint density at radius 1 is 1.20 bits per heavy atom. The number of nitrogens with zero attached hydrogens (tertiary/aromatic N) is 2. The lowest BCUT2D eigenvalue weighted by Crippen LogP contribution is -2.24. The first kappa shape index (κ1) is 20.4. The Hall–Kier alpha value is -2.91. The standard InChI is InChI=1S/C21H18FN3O3S2/c1-27-13-7-6-12(15(8-13)28-2)9-23-17(26)10-29-21-20-19(24-11-25-21)18-14(22)4-3-5-16(18)30-20/h3-8,11H,9-10H2,1-2H3,(H,23,26). The van der Waals surface area contributed by atoms with Crippen molar-refractivity contribution in [2.24, 2.45) is 0 Å². The lowest BCUT2D eigenvalue weighted by atomic mass is 10.2. The molecule has 0 unspecified atom stereocenters. The quantitative estimate of drug-likeness (QED) is 0.337. The van der Waals surface area contributed by atoms with Crippen molar-refractivity contribution >= 4 is 49.3 Å². The molecule has 2 aromatic heterocycles. The van der Waals surface area contributed by atoms with Gasteiger partial charge in [0.15, 0.2) is 0 Å². The zero-order chi connectivity index (χ0) is 21.1. The fraction of sp³-hybridized carbons (Fsp3) is 0.190. The summed E-state index contributed by atoms with van der Waals surface area (Å²) in [5.41, 5.74) is 1.43. The highest BCUT2D eigenvalue weighted by molar-refractivity contribution is 8.00. The second-order valence-electron chi connectivity index (χ2n) is 6.31. The third kappa shape index (κ3) is 4.03. The van der Waals surface area contributed by atoms with Crippen LogP contribution in [0.25, 0.3) is 20.3 Å². The van der Waals surface area contributed by atoms with E-state index < -0.39 is 0 Å². The van der Waals surface area contributed by atoms with Crippen molar-refractivity contribution in [1.29, 1.82) is 0 Å². The monoisotopic (exact) mass is 443 g/mol. The van der Waals surface area contributed by atoms with E-state index in [1.165, 1.54) is 35.5 Å². The highest BCUT2D eigenvalue weighted by Gasteiger charge is 2.15. The van der Waals surface area contributed by atoms with Gasteiger partial charge in [-0.25, -0.2) is 14.4 Å². The molecule has 4 rings (SSSR count). The molecule has 2 heterocycles. The molecule has 1 amide bonds. The summed E-state index contributed by atoms with van der Waals surface area (Å²) in [6.07, 6.45) is 1.41. The van der Waals surface area contributed by atoms with Crippen molar-refractivity contribution < 1.29 is 18.7 Å². The number of thiophene rings is 1. The number of halogens is 1. The van der Waals surface area contributed by atoms with Gasteiger partial charge in [-0.3, -0.25) is 4.79 Å². The Morgan fingerprint density at radius 2 is 2.07 bits per heavy atom. The number of carbonyl (C=O) groups is 1. The summed E-state index contributed by atoms with van der Waals surface area (Å²) in [5.74, 6) is 1.06. The van der Waals surface area contributed by atoms with Gasteiger partial charge < -0.3 is 14.8 Å². The molecule has 0 aliphatic carbocycles. The van der Waals surface area contributed by atoms with Crippen LogP contribution in [0.2, 0.25) is 0 Å². The summed E-state index contributed by atoms with van der Waals surface area (Å²) < 4.78 is 26.4. The number of carbonyl (C=O) groups excluding carboxylic acids is 1. The minimum absolute atomic E-state index is 0.142.